The standard InChI is InChI=1S/C18H14ClNO3S/c1-11-2-4-12(5-3-11)10-20-17(22)16(24-18(20)23)9-13-8-14(19)6-7-15(13)21/h2-9,21H,10H2,1H3. The molecule has 1 saturated heterocycles. The Bertz CT molecular complexity index is 846. The van der Waals surface area contributed by atoms with Crippen LogP contribution >= 0.6 is 23.4 Å². The molecule has 0 aliphatic carbocycles. The van der Waals surface area contributed by atoms with Gasteiger partial charge in [0, 0.05) is 10.6 Å². The van der Waals surface area contributed by atoms with E-state index in [0.717, 1.165) is 22.9 Å². The van der Waals surface area contributed by atoms with Gasteiger partial charge in [0.15, 0.2) is 0 Å². The molecular formula is C18H14ClNO3S. The number of thioether (sulfide) groups is 1. The highest BCUT2D eigenvalue weighted by Crippen LogP contribution is 2.35. The number of halogens is 1. The van der Waals surface area contributed by atoms with E-state index in [1.165, 1.54) is 17.0 Å². The van der Waals surface area contributed by atoms with Crippen LogP contribution in [0.4, 0.5) is 4.79 Å². The van der Waals surface area contributed by atoms with Crippen molar-refractivity contribution in [3.05, 3.63) is 69.1 Å². The molecule has 1 aliphatic rings. The average molecular weight is 360 g/mol. The van der Waals surface area contributed by atoms with Crippen LogP contribution in [-0.2, 0) is 11.3 Å². The summed E-state index contributed by atoms with van der Waals surface area (Å²) in [6, 6.07) is 12.2. The van der Waals surface area contributed by atoms with Gasteiger partial charge in [0.1, 0.15) is 5.75 Å². The molecule has 2 amide bonds. The smallest absolute Gasteiger partial charge is 0.293 e. The Morgan fingerprint density at radius 3 is 2.58 bits per heavy atom. The van der Waals surface area contributed by atoms with Crippen molar-refractivity contribution in [1.29, 1.82) is 0 Å². The average Bonchev–Trinajstić information content (AvgIpc) is 2.80. The van der Waals surface area contributed by atoms with Crippen molar-refractivity contribution in [2.24, 2.45) is 0 Å². The molecule has 1 aliphatic heterocycles. The minimum atomic E-state index is -0.370. The van der Waals surface area contributed by atoms with Gasteiger partial charge in [0.05, 0.1) is 11.4 Å². The number of aryl methyl sites for hydroxylation is 1. The number of rotatable bonds is 3. The van der Waals surface area contributed by atoms with Gasteiger partial charge in [-0.3, -0.25) is 14.5 Å². The number of benzene rings is 2. The summed E-state index contributed by atoms with van der Waals surface area (Å²) in [5.41, 5.74) is 2.40. The number of imide groups is 1. The van der Waals surface area contributed by atoms with Crippen LogP contribution in [0.1, 0.15) is 16.7 Å². The second-order valence-corrected chi connectivity index (χ2v) is 6.89. The zero-order chi connectivity index (χ0) is 17.3. The van der Waals surface area contributed by atoms with Crippen molar-refractivity contribution in [3.8, 4) is 5.75 Å². The molecule has 0 spiro atoms. The van der Waals surface area contributed by atoms with E-state index in [0.29, 0.717) is 10.6 Å². The van der Waals surface area contributed by atoms with Gasteiger partial charge < -0.3 is 5.11 Å². The summed E-state index contributed by atoms with van der Waals surface area (Å²) in [5, 5.41) is 9.97. The SMILES string of the molecule is Cc1ccc(CN2C(=O)SC(=Cc3cc(Cl)ccc3O)C2=O)cc1. The molecule has 2 aromatic carbocycles. The van der Waals surface area contributed by atoms with E-state index in [9.17, 15) is 14.7 Å². The Morgan fingerprint density at radius 1 is 1.17 bits per heavy atom. The molecular weight excluding hydrogens is 346 g/mol. The molecule has 0 radical (unpaired) electrons. The largest absolute Gasteiger partial charge is 0.507 e. The zero-order valence-electron chi connectivity index (χ0n) is 12.8. The first kappa shape index (κ1) is 16.6. The van der Waals surface area contributed by atoms with Crippen molar-refractivity contribution in [3.63, 3.8) is 0 Å². The van der Waals surface area contributed by atoms with Crippen molar-refractivity contribution < 1.29 is 14.7 Å². The number of carbonyl (C=O) groups excluding carboxylic acids is 2. The first-order valence-corrected chi connectivity index (χ1v) is 8.43. The van der Waals surface area contributed by atoms with E-state index in [4.69, 9.17) is 11.6 Å². The van der Waals surface area contributed by atoms with Gasteiger partial charge >= 0.3 is 0 Å². The van der Waals surface area contributed by atoms with E-state index in [1.54, 1.807) is 12.1 Å². The summed E-state index contributed by atoms with van der Waals surface area (Å²) < 4.78 is 0. The second kappa shape index (κ2) is 6.71. The molecule has 24 heavy (non-hydrogen) atoms. The molecule has 1 N–H and O–H groups in total. The maximum Gasteiger partial charge on any atom is 0.293 e. The molecule has 122 valence electrons. The van der Waals surface area contributed by atoms with Crippen LogP contribution in [0.25, 0.3) is 6.08 Å². The lowest BCUT2D eigenvalue weighted by molar-refractivity contribution is -0.123. The molecule has 0 unspecified atom stereocenters. The number of hydrogen-bond donors (Lipinski definition) is 1. The van der Waals surface area contributed by atoms with Crippen LogP contribution in [0.3, 0.4) is 0 Å². The molecule has 3 rings (SSSR count). The van der Waals surface area contributed by atoms with E-state index in [2.05, 4.69) is 0 Å². The van der Waals surface area contributed by atoms with Crippen LogP contribution in [0.15, 0.2) is 47.4 Å². The summed E-state index contributed by atoms with van der Waals surface area (Å²) in [5.74, 6) is -0.366. The molecule has 2 aromatic rings. The first-order valence-electron chi connectivity index (χ1n) is 7.23. The summed E-state index contributed by atoms with van der Waals surface area (Å²) in [6.45, 7) is 2.20. The predicted molar refractivity (Wildman–Crippen MR) is 95.8 cm³/mol. The van der Waals surface area contributed by atoms with Gasteiger partial charge in [0.2, 0.25) is 0 Å². The highest BCUT2D eigenvalue weighted by atomic mass is 35.5. The van der Waals surface area contributed by atoms with Gasteiger partial charge in [-0.1, -0.05) is 41.4 Å². The fourth-order valence-electron chi connectivity index (χ4n) is 2.29. The lowest BCUT2D eigenvalue weighted by Gasteiger charge is -2.12. The number of aromatic hydroxyl groups is 1. The lowest BCUT2D eigenvalue weighted by atomic mass is 10.1. The first-order chi connectivity index (χ1) is 11.4. The third-order valence-corrected chi connectivity index (χ3v) is 4.75. The molecule has 0 bridgehead atoms. The van der Waals surface area contributed by atoms with Crippen LogP contribution in [-0.4, -0.2) is 21.2 Å². The van der Waals surface area contributed by atoms with Crippen molar-refractivity contribution >= 4 is 40.6 Å². The molecule has 6 heteroatoms. The van der Waals surface area contributed by atoms with Gasteiger partial charge in [-0.05, 0) is 48.5 Å². The van der Waals surface area contributed by atoms with Gasteiger partial charge in [-0.15, -0.1) is 0 Å². The normalized spacial score (nSPS) is 16.2. The van der Waals surface area contributed by atoms with Crippen molar-refractivity contribution in [2.45, 2.75) is 13.5 Å². The number of phenolic OH excluding ortho intramolecular Hbond substituents is 1. The Labute approximate surface area is 148 Å². The van der Waals surface area contributed by atoms with E-state index < -0.39 is 0 Å². The summed E-state index contributed by atoms with van der Waals surface area (Å²) >= 11 is 6.76. The summed E-state index contributed by atoms with van der Waals surface area (Å²) in [4.78, 5) is 26.1. The monoisotopic (exact) mass is 359 g/mol. The molecule has 0 atom stereocenters. The molecule has 1 heterocycles. The van der Waals surface area contributed by atoms with Gasteiger partial charge in [-0.25, -0.2) is 0 Å². The number of nitrogens with zero attached hydrogens (tertiary/aromatic N) is 1. The zero-order valence-corrected chi connectivity index (χ0v) is 14.4. The Morgan fingerprint density at radius 2 is 1.88 bits per heavy atom. The topological polar surface area (TPSA) is 57.6 Å². The molecule has 4 nitrogen and oxygen atoms in total. The molecule has 1 fully saturated rings. The Balaban J connectivity index is 1.84. The van der Waals surface area contributed by atoms with Gasteiger partial charge in [-0.2, -0.15) is 0 Å². The van der Waals surface area contributed by atoms with E-state index in [1.807, 2.05) is 31.2 Å². The van der Waals surface area contributed by atoms with Crippen LogP contribution in [0, 0.1) is 6.92 Å². The van der Waals surface area contributed by atoms with E-state index >= 15 is 0 Å². The highest BCUT2D eigenvalue weighted by molar-refractivity contribution is 8.18. The Kier molecular flexibility index (Phi) is 4.64. The summed E-state index contributed by atoms with van der Waals surface area (Å²) in [6.07, 6.45) is 1.49. The quantitative estimate of drug-likeness (QED) is 0.814. The van der Waals surface area contributed by atoms with E-state index in [-0.39, 0.29) is 28.3 Å². The Hall–Kier alpha value is -2.24. The van der Waals surface area contributed by atoms with Crippen molar-refractivity contribution in [2.75, 3.05) is 0 Å². The highest BCUT2D eigenvalue weighted by Gasteiger charge is 2.35. The fourth-order valence-corrected chi connectivity index (χ4v) is 3.30. The predicted octanol–water partition coefficient (Wildman–Crippen LogP) is 4.59. The number of phenols is 1. The van der Waals surface area contributed by atoms with Crippen molar-refractivity contribution in [1.82, 2.24) is 4.90 Å². The lowest BCUT2D eigenvalue weighted by Crippen LogP contribution is -2.27. The number of carbonyl (C=O) groups is 2. The minimum absolute atomic E-state index is 0.00438. The minimum Gasteiger partial charge on any atom is -0.507 e. The van der Waals surface area contributed by atoms with Crippen LogP contribution < -0.4 is 0 Å². The van der Waals surface area contributed by atoms with Crippen LogP contribution in [0.5, 0.6) is 5.75 Å². The number of hydrogen-bond acceptors (Lipinski definition) is 4. The third kappa shape index (κ3) is 3.47. The summed E-state index contributed by atoms with van der Waals surface area (Å²) in [7, 11) is 0. The fraction of sp³-hybridized carbons (Fsp3) is 0.111. The number of amides is 2. The third-order valence-electron chi connectivity index (χ3n) is 3.61. The second-order valence-electron chi connectivity index (χ2n) is 5.46. The molecule has 0 aromatic heterocycles. The maximum absolute atomic E-state index is 12.5. The van der Waals surface area contributed by atoms with Gasteiger partial charge in [0.25, 0.3) is 11.1 Å². The van der Waals surface area contributed by atoms with Crippen LogP contribution in [0.2, 0.25) is 5.02 Å². The molecule has 0 saturated carbocycles. The maximum atomic E-state index is 12.5.